The van der Waals surface area contributed by atoms with Gasteiger partial charge in [0.25, 0.3) is 5.91 Å². The average Bonchev–Trinajstić information content (AvgIpc) is 3.17. The fourth-order valence-electron chi connectivity index (χ4n) is 3.03. The predicted octanol–water partition coefficient (Wildman–Crippen LogP) is 3.16. The molecule has 0 saturated carbocycles. The van der Waals surface area contributed by atoms with Gasteiger partial charge in [0, 0.05) is 30.5 Å². The third-order valence-electron chi connectivity index (χ3n) is 4.11. The number of thiazole rings is 1. The quantitative estimate of drug-likeness (QED) is 0.730. The van der Waals surface area contributed by atoms with Crippen LogP contribution in [0.5, 0.6) is 0 Å². The molecule has 1 atom stereocenters. The number of imidazole rings is 1. The number of piperidine rings is 1. The van der Waals surface area contributed by atoms with Crippen LogP contribution >= 0.6 is 11.3 Å². The van der Waals surface area contributed by atoms with Crippen molar-refractivity contribution in [2.24, 2.45) is 0 Å². The fourth-order valence-corrected chi connectivity index (χ4v) is 3.73. The molecule has 0 aliphatic carbocycles. The normalized spacial score (nSPS) is 18.7. The summed E-state index contributed by atoms with van der Waals surface area (Å²) in [5.41, 5.74) is 1.49. The fraction of sp³-hybridized carbons (Fsp3) is 0.312. The van der Waals surface area contributed by atoms with Crippen molar-refractivity contribution < 1.29 is 4.79 Å². The highest BCUT2D eigenvalue weighted by Crippen LogP contribution is 2.31. The largest absolute Gasteiger partial charge is 0.329 e. The molecule has 1 amide bonds. The first-order valence-electron chi connectivity index (χ1n) is 7.47. The summed E-state index contributed by atoms with van der Waals surface area (Å²) in [4.78, 5) is 24.6. The van der Waals surface area contributed by atoms with Gasteiger partial charge >= 0.3 is 0 Å². The molecule has 3 aromatic heterocycles. The summed E-state index contributed by atoms with van der Waals surface area (Å²) in [6.07, 6.45) is 8.67. The van der Waals surface area contributed by atoms with E-state index >= 15 is 0 Å². The number of nitrogens with zero attached hydrogens (tertiary/aromatic N) is 4. The molecule has 112 valence electrons. The number of hydrogen-bond donors (Lipinski definition) is 0. The molecule has 0 radical (unpaired) electrons. The molecule has 6 heteroatoms. The van der Waals surface area contributed by atoms with E-state index in [2.05, 4.69) is 9.97 Å². The van der Waals surface area contributed by atoms with Crippen LogP contribution in [-0.2, 0) is 0 Å². The third-order valence-corrected chi connectivity index (χ3v) is 4.88. The second-order valence-corrected chi connectivity index (χ2v) is 6.36. The van der Waals surface area contributed by atoms with Crippen molar-refractivity contribution in [2.45, 2.75) is 25.3 Å². The lowest BCUT2D eigenvalue weighted by Gasteiger charge is -2.34. The minimum absolute atomic E-state index is 0.00579. The van der Waals surface area contributed by atoms with Gasteiger partial charge in [-0.25, -0.2) is 4.98 Å². The minimum Gasteiger partial charge on any atom is -0.329 e. The van der Waals surface area contributed by atoms with Crippen molar-refractivity contribution >= 4 is 22.2 Å². The molecule has 4 rings (SSSR count). The van der Waals surface area contributed by atoms with Crippen molar-refractivity contribution in [1.82, 2.24) is 19.3 Å². The molecule has 4 heterocycles. The van der Waals surface area contributed by atoms with Crippen LogP contribution in [0.3, 0.4) is 0 Å². The molecule has 1 aliphatic rings. The molecule has 0 spiro atoms. The summed E-state index contributed by atoms with van der Waals surface area (Å²) in [5.74, 6) is 0.00579. The molecule has 0 N–H and O–H groups in total. The van der Waals surface area contributed by atoms with Crippen molar-refractivity contribution in [3.8, 4) is 0 Å². The first-order valence-corrected chi connectivity index (χ1v) is 8.35. The maximum Gasteiger partial charge on any atom is 0.274 e. The van der Waals surface area contributed by atoms with E-state index in [-0.39, 0.29) is 11.9 Å². The highest BCUT2D eigenvalue weighted by atomic mass is 32.1. The van der Waals surface area contributed by atoms with Gasteiger partial charge in [-0.15, -0.1) is 11.3 Å². The summed E-state index contributed by atoms with van der Waals surface area (Å²) >= 11 is 1.54. The van der Waals surface area contributed by atoms with Gasteiger partial charge in [0.1, 0.15) is 5.69 Å². The minimum atomic E-state index is 0.00579. The van der Waals surface area contributed by atoms with Crippen LogP contribution in [0.1, 0.15) is 41.5 Å². The molecule has 0 aromatic carbocycles. The summed E-state index contributed by atoms with van der Waals surface area (Å²) < 4.78 is 1.90. The second kappa shape index (κ2) is 5.53. The van der Waals surface area contributed by atoms with Gasteiger partial charge in [-0.3, -0.25) is 14.2 Å². The Morgan fingerprint density at radius 3 is 3.09 bits per heavy atom. The Morgan fingerprint density at radius 1 is 1.32 bits per heavy atom. The topological polar surface area (TPSA) is 50.5 Å². The van der Waals surface area contributed by atoms with Crippen molar-refractivity contribution in [3.05, 3.63) is 53.6 Å². The summed E-state index contributed by atoms with van der Waals surface area (Å²) in [6, 6.07) is 5.94. The molecular formula is C16H16N4OS. The SMILES string of the molecule is O=C(c1cn2ccsc2n1)N1CCCC[C@H]1c1ccccn1. The number of carbonyl (C=O) groups excluding carboxylic acids is 1. The highest BCUT2D eigenvalue weighted by Gasteiger charge is 2.30. The van der Waals surface area contributed by atoms with Gasteiger partial charge in [0.15, 0.2) is 4.96 Å². The van der Waals surface area contributed by atoms with Gasteiger partial charge in [0.05, 0.1) is 11.7 Å². The molecule has 3 aromatic rings. The lowest BCUT2D eigenvalue weighted by Crippen LogP contribution is -2.39. The molecule has 0 unspecified atom stereocenters. The van der Waals surface area contributed by atoms with E-state index < -0.39 is 0 Å². The zero-order valence-corrected chi connectivity index (χ0v) is 12.9. The monoisotopic (exact) mass is 312 g/mol. The number of rotatable bonds is 2. The molecule has 5 nitrogen and oxygen atoms in total. The second-order valence-electron chi connectivity index (χ2n) is 5.48. The molecule has 22 heavy (non-hydrogen) atoms. The van der Waals surface area contributed by atoms with E-state index in [1.807, 2.05) is 45.3 Å². The Hall–Kier alpha value is -2.21. The van der Waals surface area contributed by atoms with E-state index in [1.165, 1.54) is 11.3 Å². The average molecular weight is 312 g/mol. The molecular weight excluding hydrogens is 296 g/mol. The Bertz CT molecular complexity index is 766. The van der Waals surface area contributed by atoms with Gasteiger partial charge in [-0.1, -0.05) is 6.07 Å². The van der Waals surface area contributed by atoms with Crippen LogP contribution in [0.2, 0.25) is 0 Å². The van der Waals surface area contributed by atoms with Crippen LogP contribution in [0, 0.1) is 0 Å². The zero-order valence-electron chi connectivity index (χ0n) is 12.1. The van der Waals surface area contributed by atoms with E-state index in [9.17, 15) is 4.79 Å². The Balaban J connectivity index is 1.66. The van der Waals surface area contributed by atoms with Crippen LogP contribution in [0.25, 0.3) is 4.96 Å². The zero-order chi connectivity index (χ0) is 14.9. The number of amides is 1. The first-order chi connectivity index (χ1) is 10.8. The molecule has 1 saturated heterocycles. The van der Waals surface area contributed by atoms with Crippen LogP contribution in [0.4, 0.5) is 0 Å². The van der Waals surface area contributed by atoms with Crippen molar-refractivity contribution in [1.29, 1.82) is 0 Å². The van der Waals surface area contributed by atoms with Gasteiger partial charge < -0.3 is 4.90 Å². The summed E-state index contributed by atoms with van der Waals surface area (Å²) in [7, 11) is 0. The standard InChI is InChI=1S/C16H16N4OS/c21-15(13-11-19-9-10-22-16(19)18-13)20-8-4-2-6-14(20)12-5-1-3-7-17-12/h1,3,5,7,9-11,14H,2,4,6,8H2/t14-/m0/s1. The van der Waals surface area contributed by atoms with Crippen molar-refractivity contribution in [3.63, 3.8) is 0 Å². The van der Waals surface area contributed by atoms with Crippen molar-refractivity contribution in [2.75, 3.05) is 6.54 Å². The van der Waals surface area contributed by atoms with Crippen LogP contribution < -0.4 is 0 Å². The van der Waals surface area contributed by atoms with E-state index in [4.69, 9.17) is 0 Å². The number of likely N-dealkylation sites (tertiary alicyclic amines) is 1. The molecule has 1 fully saturated rings. The first kappa shape index (κ1) is 13.5. The Kier molecular flexibility index (Phi) is 3.38. The highest BCUT2D eigenvalue weighted by molar-refractivity contribution is 7.15. The van der Waals surface area contributed by atoms with E-state index in [1.54, 1.807) is 6.20 Å². The number of hydrogen-bond acceptors (Lipinski definition) is 4. The van der Waals surface area contributed by atoms with E-state index in [0.29, 0.717) is 5.69 Å². The smallest absolute Gasteiger partial charge is 0.274 e. The molecule has 0 bridgehead atoms. The lowest BCUT2D eigenvalue weighted by molar-refractivity contribution is 0.0600. The number of fused-ring (bicyclic) bond motifs is 1. The van der Waals surface area contributed by atoms with Crippen LogP contribution in [-0.4, -0.2) is 31.7 Å². The number of pyridine rings is 1. The predicted molar refractivity (Wildman–Crippen MR) is 84.9 cm³/mol. The number of aromatic nitrogens is 3. The Morgan fingerprint density at radius 2 is 2.27 bits per heavy atom. The summed E-state index contributed by atoms with van der Waals surface area (Å²) in [5, 5.41) is 1.97. The number of carbonyl (C=O) groups is 1. The summed E-state index contributed by atoms with van der Waals surface area (Å²) in [6.45, 7) is 0.769. The van der Waals surface area contributed by atoms with Gasteiger partial charge in [-0.2, -0.15) is 0 Å². The third kappa shape index (κ3) is 2.29. The molecule has 1 aliphatic heterocycles. The van der Waals surface area contributed by atoms with E-state index in [0.717, 1.165) is 36.5 Å². The van der Waals surface area contributed by atoms with Gasteiger partial charge in [-0.05, 0) is 31.4 Å². The maximum absolute atomic E-state index is 12.9. The van der Waals surface area contributed by atoms with Gasteiger partial charge in [0.2, 0.25) is 0 Å². The van der Waals surface area contributed by atoms with Crippen LogP contribution in [0.15, 0.2) is 42.2 Å². The lowest BCUT2D eigenvalue weighted by atomic mass is 9.98. The maximum atomic E-state index is 12.9. The Labute approximate surface area is 132 Å².